The van der Waals surface area contributed by atoms with Gasteiger partial charge in [0.25, 0.3) is 0 Å². The first-order chi connectivity index (χ1) is 7.97. The fourth-order valence-electron chi connectivity index (χ4n) is 2.78. The number of aromatic nitrogens is 2. The topological polar surface area (TPSA) is 70.4 Å². The average Bonchev–Trinajstić information content (AvgIpc) is 2.75. The van der Waals surface area contributed by atoms with Gasteiger partial charge in [-0.25, -0.2) is 0 Å². The molecule has 7 nitrogen and oxygen atoms in total. The molecule has 0 N–H and O–H groups in total. The third-order valence-electron chi connectivity index (χ3n) is 3.62. The summed E-state index contributed by atoms with van der Waals surface area (Å²) in [5.74, 6) is -0.692. The van der Waals surface area contributed by atoms with E-state index < -0.39 is 6.69 Å². The molecule has 0 atom stereocenters. The maximum Gasteiger partial charge on any atom is 0.632 e. The third-order valence-corrected chi connectivity index (χ3v) is 3.62. The van der Waals surface area contributed by atoms with Crippen LogP contribution in [0.2, 0.25) is 0 Å². The van der Waals surface area contributed by atoms with Gasteiger partial charge in [0.2, 0.25) is 0 Å². The fraction of sp³-hybridized carbons (Fsp3) is 0.444. The molecule has 17 heavy (non-hydrogen) atoms. The molecule has 0 aromatic carbocycles. The van der Waals surface area contributed by atoms with Crippen molar-refractivity contribution < 1.29 is 23.3 Å². The van der Waals surface area contributed by atoms with E-state index in [1.165, 1.54) is 0 Å². The molecular weight excluding hydrogens is 225 g/mol. The summed E-state index contributed by atoms with van der Waals surface area (Å²) in [6, 6.07) is 1.72. The Kier molecular flexibility index (Phi) is 1.76. The van der Waals surface area contributed by atoms with E-state index in [0.717, 1.165) is 0 Å². The van der Waals surface area contributed by atoms with Crippen molar-refractivity contribution >= 4 is 24.2 Å². The minimum absolute atomic E-state index is 0.150. The van der Waals surface area contributed by atoms with Crippen molar-refractivity contribution in [2.75, 3.05) is 20.1 Å². The number of aryl methyl sites for hydroxylation is 1. The molecule has 2 saturated heterocycles. The molecule has 0 spiro atoms. The van der Waals surface area contributed by atoms with E-state index in [0.29, 0.717) is 5.59 Å². The average molecular weight is 237 g/mol. The summed E-state index contributed by atoms with van der Waals surface area (Å²) in [5.41, 5.74) is 0.629. The molecule has 0 radical (unpaired) electrons. The first kappa shape index (κ1) is 10.3. The fourth-order valence-corrected chi connectivity index (χ4v) is 2.78. The number of carbonyl (C=O) groups excluding carboxylic acids is 2. The molecule has 2 aliphatic heterocycles. The number of carbonyl (C=O) groups is 2. The Hall–Kier alpha value is -1.83. The highest BCUT2D eigenvalue weighted by molar-refractivity contribution is 6.78. The molecule has 1 aromatic heterocycles. The van der Waals surface area contributed by atoms with Crippen molar-refractivity contribution in [1.29, 1.82) is 0 Å². The van der Waals surface area contributed by atoms with Crippen LogP contribution in [0.25, 0.3) is 0 Å². The lowest BCUT2D eigenvalue weighted by Crippen LogP contribution is -2.69. The molecule has 2 fully saturated rings. The normalized spacial score (nSPS) is 35.6. The molecule has 0 unspecified atom stereocenters. The van der Waals surface area contributed by atoms with Gasteiger partial charge in [-0.15, -0.1) is 0 Å². The zero-order chi connectivity index (χ0) is 12.3. The second-order valence-corrected chi connectivity index (χ2v) is 4.83. The highest BCUT2D eigenvalue weighted by Gasteiger charge is 2.67. The molecule has 0 aliphatic carbocycles. The van der Waals surface area contributed by atoms with Crippen LogP contribution in [0.3, 0.4) is 0 Å². The van der Waals surface area contributed by atoms with E-state index in [9.17, 15) is 9.59 Å². The van der Waals surface area contributed by atoms with Gasteiger partial charge < -0.3 is 13.7 Å². The van der Waals surface area contributed by atoms with Crippen LogP contribution in [-0.2, 0) is 25.9 Å². The van der Waals surface area contributed by atoms with Gasteiger partial charge in [-0.2, -0.15) is 5.10 Å². The van der Waals surface area contributed by atoms with Crippen LogP contribution in [0, 0.1) is 0 Å². The highest BCUT2D eigenvalue weighted by atomic mass is 16.7. The minimum Gasteiger partial charge on any atom is -0.595 e. The quantitative estimate of drug-likeness (QED) is 0.535. The SMILES string of the molecule is Cn1nccc1[B-]12OC(=O)C[N+]1(C)CC(=O)O2. The Morgan fingerprint density at radius 2 is 1.94 bits per heavy atom. The Morgan fingerprint density at radius 3 is 2.41 bits per heavy atom. The molecule has 1 aromatic rings. The largest absolute Gasteiger partial charge is 0.632 e. The second kappa shape index (κ2) is 2.89. The van der Waals surface area contributed by atoms with Gasteiger partial charge in [0.1, 0.15) is 13.1 Å². The summed E-state index contributed by atoms with van der Waals surface area (Å²) >= 11 is 0. The van der Waals surface area contributed by atoms with Crippen LogP contribution in [0.4, 0.5) is 0 Å². The smallest absolute Gasteiger partial charge is 0.595 e. The lowest BCUT2D eigenvalue weighted by molar-refractivity contribution is -0.791. The zero-order valence-corrected chi connectivity index (χ0v) is 9.62. The molecular formula is C9H12BN3O4. The van der Waals surface area contributed by atoms with Crippen LogP contribution < -0.4 is 5.59 Å². The molecule has 3 heterocycles. The van der Waals surface area contributed by atoms with Crippen molar-refractivity contribution in [2.24, 2.45) is 7.05 Å². The van der Waals surface area contributed by atoms with Gasteiger partial charge in [0.15, 0.2) is 0 Å². The number of quaternary nitrogens is 1. The van der Waals surface area contributed by atoms with E-state index in [2.05, 4.69) is 5.10 Å². The van der Waals surface area contributed by atoms with E-state index in [1.807, 2.05) is 0 Å². The maximum absolute atomic E-state index is 11.5. The molecule has 90 valence electrons. The van der Waals surface area contributed by atoms with Crippen LogP contribution in [0.5, 0.6) is 0 Å². The molecule has 3 rings (SSSR count). The standard InChI is InChI=1S/C9H12BN3O4/c1-12-7(3-4-11-12)10-13(2,5-8(14)16-10)6-9(15)17-10/h3-4H,5-6H2,1-2H3. The first-order valence-corrected chi connectivity index (χ1v) is 5.37. The summed E-state index contributed by atoms with van der Waals surface area (Å²) in [6.45, 7) is -1.83. The lowest BCUT2D eigenvalue weighted by Gasteiger charge is -2.39. The number of fused-ring (bicyclic) bond motifs is 1. The van der Waals surface area contributed by atoms with Crippen LogP contribution >= 0.6 is 0 Å². The number of likely N-dealkylation sites (N-methyl/N-ethyl adjacent to an activating group) is 1. The van der Waals surface area contributed by atoms with E-state index in [4.69, 9.17) is 9.31 Å². The predicted octanol–water partition coefficient (Wildman–Crippen LogP) is -1.87. The third kappa shape index (κ3) is 1.13. The van der Waals surface area contributed by atoms with Crippen molar-refractivity contribution in [3.8, 4) is 0 Å². The predicted molar refractivity (Wildman–Crippen MR) is 56.7 cm³/mol. The van der Waals surface area contributed by atoms with Crippen molar-refractivity contribution in [1.82, 2.24) is 9.78 Å². The van der Waals surface area contributed by atoms with Crippen LogP contribution in [0.15, 0.2) is 12.3 Å². The highest BCUT2D eigenvalue weighted by Crippen LogP contribution is 2.32. The second-order valence-electron chi connectivity index (χ2n) is 4.83. The van der Waals surface area contributed by atoms with Crippen molar-refractivity contribution in [3.05, 3.63) is 12.3 Å². The number of hydrogen-bond acceptors (Lipinski definition) is 5. The van der Waals surface area contributed by atoms with Gasteiger partial charge in [0, 0.05) is 25.9 Å². The Balaban J connectivity index is 2.19. The minimum atomic E-state index is -2.13. The molecule has 0 saturated carbocycles. The summed E-state index contributed by atoms with van der Waals surface area (Å²) in [5, 5.41) is 4.04. The summed E-state index contributed by atoms with van der Waals surface area (Å²) in [7, 11) is 3.53. The van der Waals surface area contributed by atoms with Gasteiger partial charge >= 0.3 is 18.6 Å². The van der Waals surface area contributed by atoms with Gasteiger partial charge in [0.05, 0.1) is 0 Å². The maximum atomic E-state index is 11.5. The monoisotopic (exact) mass is 237 g/mol. The summed E-state index contributed by atoms with van der Waals surface area (Å²) in [4.78, 5) is 23.1. The molecule has 0 amide bonds. The summed E-state index contributed by atoms with van der Waals surface area (Å²) in [6.07, 6.45) is 1.59. The number of hydrogen-bond donors (Lipinski definition) is 0. The zero-order valence-electron chi connectivity index (χ0n) is 9.62. The van der Waals surface area contributed by atoms with Crippen molar-refractivity contribution in [3.63, 3.8) is 0 Å². The Labute approximate surface area is 97.5 Å². The molecule has 2 aliphatic rings. The van der Waals surface area contributed by atoms with Crippen molar-refractivity contribution in [2.45, 2.75) is 0 Å². The number of nitrogens with zero attached hydrogens (tertiary/aromatic N) is 3. The van der Waals surface area contributed by atoms with Gasteiger partial charge in [-0.1, -0.05) is 0 Å². The number of rotatable bonds is 1. The van der Waals surface area contributed by atoms with E-state index >= 15 is 0 Å². The summed E-state index contributed by atoms with van der Waals surface area (Å²) < 4.78 is 12.5. The van der Waals surface area contributed by atoms with E-state index in [-0.39, 0.29) is 29.4 Å². The lowest BCUT2D eigenvalue weighted by atomic mass is 9.64. The van der Waals surface area contributed by atoms with Gasteiger partial charge in [-0.3, -0.25) is 14.3 Å². The van der Waals surface area contributed by atoms with Gasteiger partial charge in [-0.05, 0) is 6.07 Å². The van der Waals surface area contributed by atoms with Crippen LogP contribution in [-0.4, -0.2) is 52.9 Å². The first-order valence-electron chi connectivity index (χ1n) is 5.37. The molecule has 8 heteroatoms. The van der Waals surface area contributed by atoms with Crippen LogP contribution in [0.1, 0.15) is 0 Å². The Morgan fingerprint density at radius 1 is 1.35 bits per heavy atom. The van der Waals surface area contributed by atoms with E-state index in [1.54, 1.807) is 31.0 Å². The molecule has 0 bridgehead atoms. The Bertz CT molecular complexity index is 506.